The van der Waals surface area contributed by atoms with Crippen LogP contribution in [-0.4, -0.2) is 34.5 Å². The molecule has 4 aromatic rings. The Morgan fingerprint density at radius 1 is 0.417 bits per heavy atom. The number of benzene rings is 4. The fourth-order valence-electron chi connectivity index (χ4n) is 6.00. The molecule has 0 spiro atoms. The van der Waals surface area contributed by atoms with E-state index < -0.39 is 16.1 Å². The molecule has 0 saturated carbocycles. The molecular weight excluding hydrogens is 474 g/mol. The average molecular weight is 509 g/mol. The summed E-state index contributed by atoms with van der Waals surface area (Å²) in [5, 5.41) is 5.90. The van der Waals surface area contributed by atoms with Crippen LogP contribution in [0.3, 0.4) is 0 Å². The molecule has 2 aliphatic heterocycles. The van der Waals surface area contributed by atoms with E-state index in [2.05, 4.69) is 131 Å². The van der Waals surface area contributed by atoms with Crippen molar-refractivity contribution in [1.29, 1.82) is 0 Å². The van der Waals surface area contributed by atoms with E-state index in [1.54, 1.807) is 0 Å². The Morgan fingerprint density at radius 2 is 0.694 bits per heavy atom. The predicted octanol–water partition coefficient (Wildman–Crippen LogP) is 6.01. The van der Waals surface area contributed by atoms with Gasteiger partial charge in [0.1, 0.15) is 0 Å². The zero-order chi connectivity index (χ0) is 24.2. The number of hydrogen-bond donors (Lipinski definition) is 0. The van der Waals surface area contributed by atoms with Gasteiger partial charge in [0.25, 0.3) is 0 Å². The molecule has 0 radical (unpaired) electrons. The van der Waals surface area contributed by atoms with Gasteiger partial charge in [0, 0.05) is 41.3 Å². The molecule has 2 nitrogen and oxygen atoms in total. The Bertz CT molecular complexity index is 1040. The molecule has 0 aromatic heterocycles. The van der Waals surface area contributed by atoms with Crippen LogP contribution >= 0.6 is 16.1 Å². The van der Waals surface area contributed by atoms with Gasteiger partial charge in [-0.25, -0.2) is 0 Å². The van der Waals surface area contributed by atoms with E-state index in [1.807, 2.05) is 0 Å². The highest BCUT2D eigenvalue weighted by Crippen LogP contribution is 2.51. The molecule has 0 bridgehead atoms. The summed E-state index contributed by atoms with van der Waals surface area (Å²) >= 11 is 0. The fourth-order valence-corrected chi connectivity index (χ4v) is 11.4. The minimum absolute atomic E-state index is 0.540. The maximum absolute atomic E-state index is 2.91. The lowest BCUT2D eigenvalue weighted by molar-refractivity contribution is 0.276. The molecule has 182 valence electrons. The normalized spacial score (nSPS) is 20.9. The molecule has 2 heterocycles. The van der Waals surface area contributed by atoms with Crippen molar-refractivity contribution < 1.29 is 0 Å². The van der Waals surface area contributed by atoms with Gasteiger partial charge in [-0.1, -0.05) is 121 Å². The van der Waals surface area contributed by atoms with E-state index in [4.69, 9.17) is 0 Å². The van der Waals surface area contributed by atoms with Crippen LogP contribution in [0.25, 0.3) is 0 Å². The zero-order valence-electron chi connectivity index (χ0n) is 20.7. The minimum Gasteiger partial charge on any atom is -0.270 e. The van der Waals surface area contributed by atoms with E-state index in [1.165, 1.54) is 60.0 Å². The van der Waals surface area contributed by atoms with Crippen molar-refractivity contribution in [2.75, 3.05) is 13.1 Å². The molecule has 2 fully saturated rings. The molecule has 4 aromatic carbocycles. The van der Waals surface area contributed by atoms with E-state index in [-0.39, 0.29) is 0 Å². The Morgan fingerprint density at radius 3 is 0.972 bits per heavy atom. The summed E-state index contributed by atoms with van der Waals surface area (Å²) in [5.74, 6) is 0. The van der Waals surface area contributed by atoms with Crippen LogP contribution in [0.1, 0.15) is 25.7 Å². The smallest absolute Gasteiger partial charge is 0.0299 e. The van der Waals surface area contributed by atoms with Gasteiger partial charge in [-0.15, -0.1) is 0 Å². The summed E-state index contributed by atoms with van der Waals surface area (Å²) in [6, 6.07) is 46.3. The van der Waals surface area contributed by atoms with E-state index in [0.717, 1.165) is 0 Å². The lowest BCUT2D eigenvalue weighted by Crippen LogP contribution is -2.46. The van der Waals surface area contributed by atoms with Crippen LogP contribution in [0.5, 0.6) is 0 Å². The van der Waals surface area contributed by atoms with Crippen LogP contribution in [0, 0.1) is 0 Å². The Hall–Kier alpha value is -2.34. The van der Waals surface area contributed by atoms with Crippen molar-refractivity contribution >= 4 is 37.4 Å². The van der Waals surface area contributed by atoms with Crippen LogP contribution in [0.15, 0.2) is 121 Å². The molecule has 0 aliphatic carbocycles. The van der Waals surface area contributed by atoms with Gasteiger partial charge < -0.3 is 0 Å². The van der Waals surface area contributed by atoms with Gasteiger partial charge in [0.15, 0.2) is 0 Å². The first-order chi connectivity index (χ1) is 17.9. The van der Waals surface area contributed by atoms with Crippen molar-refractivity contribution in [2.45, 2.75) is 37.8 Å². The van der Waals surface area contributed by atoms with Crippen molar-refractivity contribution in [2.24, 2.45) is 0 Å². The predicted molar refractivity (Wildman–Crippen MR) is 158 cm³/mol. The van der Waals surface area contributed by atoms with Crippen molar-refractivity contribution in [3.05, 3.63) is 121 Å². The zero-order valence-corrected chi connectivity index (χ0v) is 22.5. The molecule has 2 aliphatic rings. The van der Waals surface area contributed by atoms with Crippen LogP contribution in [-0.2, 0) is 0 Å². The summed E-state index contributed by atoms with van der Waals surface area (Å²) in [7, 11) is -1.08. The maximum atomic E-state index is 2.91. The van der Waals surface area contributed by atoms with Gasteiger partial charge in [0.05, 0.1) is 0 Å². The van der Waals surface area contributed by atoms with Gasteiger partial charge >= 0.3 is 0 Å². The monoisotopic (exact) mass is 508 g/mol. The largest absolute Gasteiger partial charge is 0.270 e. The number of nitrogens with zero attached hydrogens (tertiary/aromatic N) is 2. The highest BCUT2D eigenvalue weighted by molar-refractivity contribution is 7.71. The first kappa shape index (κ1) is 24.0. The number of hydrogen-bond acceptors (Lipinski definition) is 2. The highest BCUT2D eigenvalue weighted by Gasteiger charge is 2.43. The van der Waals surface area contributed by atoms with E-state index in [0.29, 0.717) is 12.1 Å². The summed E-state index contributed by atoms with van der Waals surface area (Å²) in [6.45, 7) is 2.39. The molecule has 6 rings (SSSR count). The van der Waals surface area contributed by atoms with Crippen LogP contribution in [0.4, 0.5) is 0 Å². The lowest BCUT2D eigenvalue weighted by Gasteiger charge is -2.42. The van der Waals surface area contributed by atoms with Crippen LogP contribution in [0.2, 0.25) is 0 Å². The van der Waals surface area contributed by atoms with Crippen LogP contribution < -0.4 is 21.2 Å². The maximum Gasteiger partial charge on any atom is 0.0299 e. The van der Waals surface area contributed by atoms with Crippen molar-refractivity contribution in [1.82, 2.24) is 9.34 Å². The second-order valence-electron chi connectivity index (χ2n) is 9.71. The summed E-state index contributed by atoms with van der Waals surface area (Å²) < 4.78 is 5.82. The lowest BCUT2D eigenvalue weighted by atomic mass is 10.1. The molecule has 36 heavy (non-hydrogen) atoms. The second kappa shape index (κ2) is 11.4. The van der Waals surface area contributed by atoms with Crippen molar-refractivity contribution in [3.63, 3.8) is 0 Å². The molecule has 2 saturated heterocycles. The highest BCUT2D eigenvalue weighted by atomic mass is 31.1. The summed E-state index contributed by atoms with van der Waals surface area (Å²) in [5.41, 5.74) is 0. The average Bonchev–Trinajstić information content (AvgIpc) is 3.62. The van der Waals surface area contributed by atoms with E-state index in [9.17, 15) is 0 Å². The third-order valence-corrected chi connectivity index (χ3v) is 12.7. The summed E-state index contributed by atoms with van der Waals surface area (Å²) in [4.78, 5) is 0. The summed E-state index contributed by atoms with van der Waals surface area (Å²) in [6.07, 6.45) is 5.18. The third kappa shape index (κ3) is 4.93. The van der Waals surface area contributed by atoms with Gasteiger partial charge in [-0.2, -0.15) is 0 Å². The molecule has 0 N–H and O–H groups in total. The minimum atomic E-state index is -0.540. The first-order valence-electron chi connectivity index (χ1n) is 13.2. The van der Waals surface area contributed by atoms with Gasteiger partial charge in [-0.05, 0) is 46.9 Å². The molecule has 2 atom stereocenters. The molecule has 0 amide bonds. The van der Waals surface area contributed by atoms with E-state index >= 15 is 0 Å². The molecule has 2 unspecified atom stereocenters. The second-order valence-corrected chi connectivity index (χ2v) is 14.1. The standard InChI is InChI=1S/C32H34N2P2/c1-5-15-27(16-6-1)35(28-17-7-2-8-18-28)33-25-13-23-31(33)32-24-14-26-34(32)36(29-19-9-3-10-20-29)30-21-11-4-12-22-30/h1-12,15-22,31-32H,13-14,23-26H2. The topological polar surface area (TPSA) is 6.48 Å². The fraction of sp³-hybridized carbons (Fsp3) is 0.250. The Labute approximate surface area is 218 Å². The quantitative estimate of drug-likeness (QED) is 0.282. The third-order valence-electron chi connectivity index (χ3n) is 7.50. The SMILES string of the molecule is c1ccc(P(c2ccccc2)N2CCCC2C2CCCN2P(c2ccccc2)c2ccccc2)cc1. The first-order valence-corrected chi connectivity index (χ1v) is 15.8. The van der Waals surface area contributed by atoms with Gasteiger partial charge in [0.2, 0.25) is 0 Å². The Balaban J connectivity index is 1.38. The van der Waals surface area contributed by atoms with Gasteiger partial charge in [-0.3, -0.25) is 9.34 Å². The van der Waals surface area contributed by atoms with Crippen molar-refractivity contribution in [3.8, 4) is 0 Å². The molecular formula is C32H34N2P2. The molecule has 4 heteroatoms. The Kier molecular flexibility index (Phi) is 7.59. The number of rotatable bonds is 7.